The van der Waals surface area contributed by atoms with Crippen molar-refractivity contribution >= 4 is 34.8 Å². The Kier molecular flexibility index (Phi) is 5.40. The molecule has 1 atom stereocenters. The summed E-state index contributed by atoms with van der Waals surface area (Å²) in [5.74, 6) is -1.14. The minimum Gasteiger partial charge on any atom is -0.479 e. The number of halogens is 2. The minimum absolute atomic E-state index is 0.163. The van der Waals surface area contributed by atoms with E-state index < -0.39 is 17.7 Å². The molecule has 148 valence electrons. The molecule has 0 saturated carbocycles. The third-order valence-electron chi connectivity index (χ3n) is 4.22. The van der Waals surface area contributed by atoms with Crippen molar-refractivity contribution in [3.05, 3.63) is 51.3 Å². The maximum atomic E-state index is 11.9. The Balaban J connectivity index is 2.24. The molecule has 0 fully saturated rings. The SMILES string of the molecule is Cc1nc2c(C)c(-c3cccc(Cl)c3)nn2c(Cl)c1C(OC(C)(C)C)C(=O)O. The fourth-order valence-corrected chi connectivity index (χ4v) is 3.58. The molecule has 0 saturated heterocycles. The Hall–Kier alpha value is -2.15. The van der Waals surface area contributed by atoms with Crippen LogP contribution in [0.25, 0.3) is 16.9 Å². The number of hydrogen-bond acceptors (Lipinski definition) is 4. The standard InChI is InChI=1S/C20H21Cl2N3O3/c1-10-15(12-7-6-8-13(21)9-12)24-25-17(22)14(11(2)23-18(10)25)16(19(26)27)28-20(3,4)5/h6-9,16H,1-5H3,(H,26,27). The van der Waals surface area contributed by atoms with E-state index in [1.807, 2.05) is 19.1 Å². The van der Waals surface area contributed by atoms with Crippen LogP contribution in [-0.4, -0.2) is 31.3 Å². The van der Waals surface area contributed by atoms with Crippen molar-refractivity contribution in [3.63, 3.8) is 0 Å². The lowest BCUT2D eigenvalue weighted by Crippen LogP contribution is -2.28. The summed E-state index contributed by atoms with van der Waals surface area (Å²) in [6, 6.07) is 7.32. The van der Waals surface area contributed by atoms with Gasteiger partial charge in [-0.15, -0.1) is 0 Å². The predicted molar refractivity (Wildman–Crippen MR) is 109 cm³/mol. The van der Waals surface area contributed by atoms with Crippen molar-refractivity contribution in [2.75, 3.05) is 0 Å². The normalized spacial score (nSPS) is 13.1. The van der Waals surface area contributed by atoms with Crippen LogP contribution in [0.1, 0.15) is 43.7 Å². The van der Waals surface area contributed by atoms with Gasteiger partial charge in [-0.05, 0) is 46.8 Å². The van der Waals surface area contributed by atoms with Crippen LogP contribution in [-0.2, 0) is 9.53 Å². The van der Waals surface area contributed by atoms with Crippen LogP contribution in [0.4, 0.5) is 0 Å². The number of benzene rings is 1. The molecule has 0 bridgehead atoms. The summed E-state index contributed by atoms with van der Waals surface area (Å²) in [6.07, 6.45) is -1.26. The summed E-state index contributed by atoms with van der Waals surface area (Å²) in [6.45, 7) is 8.96. The lowest BCUT2D eigenvalue weighted by atomic mass is 10.1. The molecule has 0 spiro atoms. The summed E-state index contributed by atoms with van der Waals surface area (Å²) in [7, 11) is 0. The molecule has 3 aromatic rings. The first-order valence-electron chi connectivity index (χ1n) is 8.71. The Morgan fingerprint density at radius 1 is 1.25 bits per heavy atom. The maximum absolute atomic E-state index is 11.9. The number of aryl methyl sites for hydroxylation is 2. The van der Waals surface area contributed by atoms with Gasteiger partial charge in [0.1, 0.15) is 5.15 Å². The van der Waals surface area contributed by atoms with Crippen molar-refractivity contribution in [1.29, 1.82) is 0 Å². The van der Waals surface area contributed by atoms with E-state index in [4.69, 9.17) is 27.9 Å². The zero-order valence-corrected chi connectivity index (χ0v) is 17.8. The highest BCUT2D eigenvalue weighted by Crippen LogP contribution is 2.35. The largest absolute Gasteiger partial charge is 0.479 e. The molecule has 1 unspecified atom stereocenters. The first-order chi connectivity index (χ1) is 13.0. The lowest BCUT2D eigenvalue weighted by Gasteiger charge is -2.26. The van der Waals surface area contributed by atoms with Crippen molar-refractivity contribution in [2.24, 2.45) is 0 Å². The van der Waals surface area contributed by atoms with Crippen molar-refractivity contribution in [1.82, 2.24) is 14.6 Å². The van der Waals surface area contributed by atoms with Crippen LogP contribution >= 0.6 is 23.2 Å². The smallest absolute Gasteiger partial charge is 0.337 e. The van der Waals surface area contributed by atoms with Crippen molar-refractivity contribution in [2.45, 2.75) is 46.3 Å². The van der Waals surface area contributed by atoms with Gasteiger partial charge in [-0.25, -0.2) is 14.3 Å². The molecule has 1 aromatic carbocycles. The highest BCUT2D eigenvalue weighted by molar-refractivity contribution is 6.31. The number of carboxylic acids is 1. The third-order valence-corrected chi connectivity index (χ3v) is 4.82. The molecule has 6 nitrogen and oxygen atoms in total. The third kappa shape index (κ3) is 3.85. The van der Waals surface area contributed by atoms with Crippen LogP contribution in [0.15, 0.2) is 24.3 Å². The quantitative estimate of drug-likeness (QED) is 0.581. The molecule has 0 amide bonds. The van der Waals surface area contributed by atoms with E-state index in [-0.39, 0.29) is 10.7 Å². The summed E-state index contributed by atoms with van der Waals surface area (Å²) in [5.41, 5.74) is 2.97. The van der Waals surface area contributed by atoms with E-state index in [1.165, 1.54) is 4.52 Å². The fourth-order valence-electron chi connectivity index (χ4n) is 3.03. The second-order valence-corrected chi connectivity index (χ2v) is 8.36. The number of fused-ring (bicyclic) bond motifs is 1. The fraction of sp³-hybridized carbons (Fsp3) is 0.350. The predicted octanol–water partition coefficient (Wildman–Crippen LogP) is 5.26. The number of hydrogen-bond donors (Lipinski definition) is 1. The van der Waals surface area contributed by atoms with E-state index >= 15 is 0 Å². The lowest BCUT2D eigenvalue weighted by molar-refractivity contribution is -0.160. The molecular weight excluding hydrogens is 401 g/mol. The average Bonchev–Trinajstić information content (AvgIpc) is 2.90. The highest BCUT2D eigenvalue weighted by Gasteiger charge is 2.32. The van der Waals surface area contributed by atoms with Gasteiger partial charge in [-0.1, -0.05) is 35.3 Å². The molecule has 2 aromatic heterocycles. The van der Waals surface area contributed by atoms with E-state index in [1.54, 1.807) is 39.8 Å². The Morgan fingerprint density at radius 2 is 1.93 bits per heavy atom. The number of nitrogens with zero attached hydrogens (tertiary/aromatic N) is 3. The average molecular weight is 422 g/mol. The molecule has 0 aliphatic carbocycles. The number of rotatable bonds is 4. The van der Waals surface area contributed by atoms with E-state index in [2.05, 4.69) is 10.1 Å². The molecule has 0 aliphatic rings. The molecule has 2 heterocycles. The van der Waals surface area contributed by atoms with E-state index in [9.17, 15) is 9.90 Å². The summed E-state index contributed by atoms with van der Waals surface area (Å²) in [4.78, 5) is 16.5. The van der Waals surface area contributed by atoms with Gasteiger partial charge in [0.05, 0.1) is 16.9 Å². The van der Waals surface area contributed by atoms with Crippen LogP contribution in [0.2, 0.25) is 10.2 Å². The number of aromatic nitrogens is 3. The zero-order valence-electron chi connectivity index (χ0n) is 16.2. The molecule has 8 heteroatoms. The van der Waals surface area contributed by atoms with Gasteiger partial charge in [0.25, 0.3) is 0 Å². The molecular formula is C20H21Cl2N3O3. The zero-order chi connectivity index (χ0) is 20.8. The Labute approximate surface area is 173 Å². The van der Waals surface area contributed by atoms with Crippen molar-refractivity contribution in [3.8, 4) is 11.3 Å². The Bertz CT molecular complexity index is 1070. The monoisotopic (exact) mass is 421 g/mol. The minimum atomic E-state index is -1.26. The molecule has 0 radical (unpaired) electrons. The number of carbonyl (C=O) groups is 1. The van der Waals surface area contributed by atoms with Gasteiger partial charge in [0, 0.05) is 21.8 Å². The first-order valence-corrected chi connectivity index (χ1v) is 9.47. The summed E-state index contributed by atoms with van der Waals surface area (Å²) >= 11 is 12.7. The van der Waals surface area contributed by atoms with Gasteiger partial charge in [0.2, 0.25) is 0 Å². The van der Waals surface area contributed by atoms with Crippen LogP contribution in [0.3, 0.4) is 0 Å². The number of carboxylic acid groups (broad SMARTS) is 1. The molecule has 1 N–H and O–H groups in total. The summed E-state index contributed by atoms with van der Waals surface area (Å²) < 4.78 is 7.21. The van der Waals surface area contributed by atoms with E-state index in [0.717, 1.165) is 11.1 Å². The second kappa shape index (κ2) is 7.35. The summed E-state index contributed by atoms with van der Waals surface area (Å²) in [5, 5.41) is 15.1. The molecule has 0 aliphatic heterocycles. The molecule has 3 rings (SSSR count). The Morgan fingerprint density at radius 3 is 2.50 bits per heavy atom. The van der Waals surface area contributed by atoms with Gasteiger partial charge in [-0.3, -0.25) is 0 Å². The van der Waals surface area contributed by atoms with Crippen LogP contribution < -0.4 is 0 Å². The van der Waals surface area contributed by atoms with Crippen molar-refractivity contribution < 1.29 is 14.6 Å². The van der Waals surface area contributed by atoms with Gasteiger partial charge in [-0.2, -0.15) is 5.10 Å². The topological polar surface area (TPSA) is 76.7 Å². The van der Waals surface area contributed by atoms with Crippen LogP contribution in [0, 0.1) is 13.8 Å². The van der Waals surface area contributed by atoms with Crippen LogP contribution in [0.5, 0.6) is 0 Å². The molecule has 28 heavy (non-hydrogen) atoms. The first kappa shape index (κ1) is 20.6. The second-order valence-electron chi connectivity index (χ2n) is 7.57. The number of ether oxygens (including phenoxy) is 1. The van der Waals surface area contributed by atoms with Gasteiger partial charge < -0.3 is 9.84 Å². The maximum Gasteiger partial charge on any atom is 0.337 e. The van der Waals surface area contributed by atoms with Gasteiger partial charge >= 0.3 is 5.97 Å². The van der Waals surface area contributed by atoms with E-state index in [0.29, 0.717) is 22.1 Å². The highest BCUT2D eigenvalue weighted by atomic mass is 35.5. The van der Waals surface area contributed by atoms with Gasteiger partial charge in [0.15, 0.2) is 11.8 Å². The number of aliphatic carboxylic acids is 1.